The topological polar surface area (TPSA) is 72.5 Å². The van der Waals surface area contributed by atoms with Gasteiger partial charge in [-0.25, -0.2) is 0 Å². The molecule has 128 valence electrons. The molecule has 0 saturated heterocycles. The van der Waals surface area contributed by atoms with Gasteiger partial charge in [0.15, 0.2) is 0 Å². The minimum atomic E-state index is -0.137. The van der Waals surface area contributed by atoms with E-state index in [1.54, 1.807) is 38.7 Å². The lowest BCUT2D eigenvalue weighted by molar-refractivity contribution is 0.0939. The molecule has 0 aliphatic carbocycles. The first-order valence-corrected chi connectivity index (χ1v) is 7.82. The summed E-state index contributed by atoms with van der Waals surface area (Å²) in [6.07, 6.45) is 4.08. The van der Waals surface area contributed by atoms with Crippen molar-refractivity contribution in [3.8, 4) is 11.5 Å². The molecule has 2 rings (SSSR count). The summed E-state index contributed by atoms with van der Waals surface area (Å²) >= 11 is 0. The van der Waals surface area contributed by atoms with Crippen LogP contribution < -0.4 is 20.1 Å². The van der Waals surface area contributed by atoms with E-state index in [9.17, 15) is 4.79 Å². The van der Waals surface area contributed by atoms with E-state index in [1.807, 2.05) is 26.0 Å². The van der Waals surface area contributed by atoms with Crippen LogP contribution in [0.15, 0.2) is 36.7 Å². The summed E-state index contributed by atoms with van der Waals surface area (Å²) in [6, 6.07) is 7.35. The Bertz CT molecular complexity index is 704. The molecule has 0 saturated carbocycles. The fourth-order valence-electron chi connectivity index (χ4n) is 2.10. The number of hydrogen-bond acceptors (Lipinski definition) is 5. The van der Waals surface area contributed by atoms with Gasteiger partial charge in [0.2, 0.25) is 0 Å². The van der Waals surface area contributed by atoms with Gasteiger partial charge in [0, 0.05) is 18.3 Å². The Morgan fingerprint density at radius 2 is 2.00 bits per heavy atom. The third kappa shape index (κ3) is 4.38. The van der Waals surface area contributed by atoms with Crippen molar-refractivity contribution < 1.29 is 14.3 Å². The average Bonchev–Trinajstić information content (AvgIpc) is 2.62. The maximum absolute atomic E-state index is 12.2. The van der Waals surface area contributed by atoms with Crippen molar-refractivity contribution in [1.82, 2.24) is 10.3 Å². The number of carbonyl (C=O) groups is 1. The number of rotatable bonds is 7. The number of methoxy groups -OCH3 is 2. The molecule has 1 unspecified atom stereocenters. The van der Waals surface area contributed by atoms with Crippen LogP contribution >= 0.6 is 0 Å². The SMILES string of the molecule is CCC(C)NC(=O)c1cncc(Nc2ccc(OC)cc2OC)c1. The molecule has 0 aliphatic rings. The van der Waals surface area contributed by atoms with Crippen LogP contribution in [0.4, 0.5) is 11.4 Å². The zero-order chi connectivity index (χ0) is 17.5. The number of hydrogen-bond donors (Lipinski definition) is 2. The van der Waals surface area contributed by atoms with Crippen molar-refractivity contribution in [3.05, 3.63) is 42.2 Å². The monoisotopic (exact) mass is 329 g/mol. The van der Waals surface area contributed by atoms with Gasteiger partial charge < -0.3 is 20.1 Å². The predicted octanol–water partition coefficient (Wildman–Crippen LogP) is 3.37. The summed E-state index contributed by atoms with van der Waals surface area (Å²) < 4.78 is 10.5. The lowest BCUT2D eigenvalue weighted by atomic mass is 10.2. The number of aromatic nitrogens is 1. The van der Waals surface area contributed by atoms with Gasteiger partial charge in [-0.1, -0.05) is 6.92 Å². The highest BCUT2D eigenvalue weighted by molar-refractivity contribution is 5.95. The van der Waals surface area contributed by atoms with Gasteiger partial charge in [0.05, 0.1) is 37.4 Å². The van der Waals surface area contributed by atoms with Gasteiger partial charge in [-0.2, -0.15) is 0 Å². The Morgan fingerprint density at radius 1 is 1.21 bits per heavy atom. The fourth-order valence-corrected chi connectivity index (χ4v) is 2.10. The fraction of sp³-hybridized carbons (Fsp3) is 0.333. The zero-order valence-corrected chi connectivity index (χ0v) is 14.4. The molecular formula is C18H23N3O3. The van der Waals surface area contributed by atoms with Crippen molar-refractivity contribution in [1.29, 1.82) is 0 Å². The molecule has 1 aromatic heterocycles. The summed E-state index contributed by atoms with van der Waals surface area (Å²) in [5.74, 6) is 1.21. The van der Waals surface area contributed by atoms with Gasteiger partial charge in [-0.05, 0) is 31.5 Å². The summed E-state index contributed by atoms with van der Waals surface area (Å²) in [5, 5.41) is 6.14. The van der Waals surface area contributed by atoms with E-state index >= 15 is 0 Å². The highest BCUT2D eigenvalue weighted by Gasteiger charge is 2.11. The van der Waals surface area contributed by atoms with E-state index in [-0.39, 0.29) is 11.9 Å². The van der Waals surface area contributed by atoms with Crippen LogP contribution in [0, 0.1) is 0 Å². The number of anilines is 2. The standard InChI is InChI=1S/C18H23N3O3/c1-5-12(2)20-18(22)13-8-14(11-19-10-13)21-16-7-6-15(23-3)9-17(16)24-4/h6-12,21H,5H2,1-4H3,(H,20,22). The predicted molar refractivity (Wildman–Crippen MR) is 94.3 cm³/mol. The molecule has 1 amide bonds. The number of nitrogens with one attached hydrogen (secondary N) is 2. The molecule has 0 fully saturated rings. The summed E-state index contributed by atoms with van der Waals surface area (Å²) in [7, 11) is 3.19. The van der Waals surface area contributed by atoms with Gasteiger partial charge in [0.25, 0.3) is 5.91 Å². The molecule has 6 heteroatoms. The highest BCUT2D eigenvalue weighted by Crippen LogP contribution is 2.31. The number of nitrogens with zero attached hydrogens (tertiary/aromatic N) is 1. The molecule has 0 aliphatic heterocycles. The van der Waals surface area contributed by atoms with Gasteiger partial charge in [0.1, 0.15) is 11.5 Å². The number of carbonyl (C=O) groups excluding carboxylic acids is 1. The summed E-state index contributed by atoms with van der Waals surface area (Å²) in [4.78, 5) is 16.3. The van der Waals surface area contributed by atoms with E-state index in [2.05, 4.69) is 15.6 Å². The number of benzene rings is 1. The average molecular weight is 329 g/mol. The summed E-state index contributed by atoms with van der Waals surface area (Å²) in [5.41, 5.74) is 1.97. The van der Waals surface area contributed by atoms with Crippen molar-refractivity contribution in [2.75, 3.05) is 19.5 Å². The Labute approximate surface area is 142 Å². The first kappa shape index (κ1) is 17.6. The van der Waals surface area contributed by atoms with Crippen LogP contribution in [0.5, 0.6) is 11.5 Å². The number of amides is 1. The van der Waals surface area contributed by atoms with Gasteiger partial charge >= 0.3 is 0 Å². The normalized spacial score (nSPS) is 11.5. The van der Waals surface area contributed by atoms with Crippen molar-refractivity contribution >= 4 is 17.3 Å². The quantitative estimate of drug-likeness (QED) is 0.815. The Kier molecular flexibility index (Phi) is 6.01. The summed E-state index contributed by atoms with van der Waals surface area (Å²) in [6.45, 7) is 3.99. The first-order valence-electron chi connectivity index (χ1n) is 7.82. The molecule has 2 aromatic rings. The number of pyridine rings is 1. The maximum Gasteiger partial charge on any atom is 0.253 e. The van der Waals surface area contributed by atoms with Crippen molar-refractivity contribution in [3.63, 3.8) is 0 Å². The van der Waals surface area contributed by atoms with Crippen molar-refractivity contribution in [2.24, 2.45) is 0 Å². The molecular weight excluding hydrogens is 306 g/mol. The maximum atomic E-state index is 12.2. The molecule has 1 heterocycles. The molecule has 24 heavy (non-hydrogen) atoms. The van der Waals surface area contributed by atoms with Crippen LogP contribution in [-0.2, 0) is 0 Å². The zero-order valence-electron chi connectivity index (χ0n) is 14.4. The minimum Gasteiger partial charge on any atom is -0.497 e. The Morgan fingerprint density at radius 3 is 2.67 bits per heavy atom. The first-order chi connectivity index (χ1) is 11.6. The smallest absolute Gasteiger partial charge is 0.253 e. The van der Waals surface area contributed by atoms with Crippen LogP contribution in [0.3, 0.4) is 0 Å². The minimum absolute atomic E-state index is 0.121. The van der Waals surface area contributed by atoms with E-state index in [1.165, 1.54) is 0 Å². The second kappa shape index (κ2) is 8.19. The second-order valence-electron chi connectivity index (χ2n) is 5.44. The molecule has 0 spiro atoms. The van der Waals surface area contributed by atoms with Crippen LogP contribution in [0.2, 0.25) is 0 Å². The number of ether oxygens (including phenoxy) is 2. The van der Waals surface area contributed by atoms with E-state index < -0.39 is 0 Å². The molecule has 1 aromatic carbocycles. The van der Waals surface area contributed by atoms with Crippen LogP contribution in [-0.4, -0.2) is 31.2 Å². The Hall–Kier alpha value is -2.76. The Balaban J connectivity index is 2.19. The van der Waals surface area contributed by atoms with Crippen LogP contribution in [0.25, 0.3) is 0 Å². The largest absolute Gasteiger partial charge is 0.497 e. The molecule has 0 radical (unpaired) electrons. The lowest BCUT2D eigenvalue weighted by Gasteiger charge is -2.14. The highest BCUT2D eigenvalue weighted by atomic mass is 16.5. The third-order valence-corrected chi connectivity index (χ3v) is 3.68. The van der Waals surface area contributed by atoms with E-state index in [0.29, 0.717) is 22.7 Å². The molecule has 6 nitrogen and oxygen atoms in total. The lowest BCUT2D eigenvalue weighted by Crippen LogP contribution is -2.31. The third-order valence-electron chi connectivity index (χ3n) is 3.68. The van der Waals surface area contributed by atoms with Crippen LogP contribution in [0.1, 0.15) is 30.6 Å². The van der Waals surface area contributed by atoms with Gasteiger partial charge in [-0.3, -0.25) is 9.78 Å². The van der Waals surface area contributed by atoms with E-state index in [0.717, 1.165) is 12.1 Å². The second-order valence-corrected chi connectivity index (χ2v) is 5.44. The van der Waals surface area contributed by atoms with Gasteiger partial charge in [-0.15, -0.1) is 0 Å². The molecule has 0 bridgehead atoms. The van der Waals surface area contributed by atoms with E-state index in [4.69, 9.17) is 9.47 Å². The van der Waals surface area contributed by atoms with Crippen molar-refractivity contribution in [2.45, 2.75) is 26.3 Å². The molecule has 2 N–H and O–H groups in total. The molecule has 1 atom stereocenters.